The zero-order valence-electron chi connectivity index (χ0n) is 10.4. The molecule has 1 unspecified atom stereocenters. The minimum atomic E-state index is -5.68. The number of carbonyl (C=O) groups is 3. The number of alkyl halides is 3. The van der Waals surface area contributed by atoms with Crippen molar-refractivity contribution >= 4 is 17.7 Å². The topological polar surface area (TPSA) is 133 Å². The van der Waals surface area contributed by atoms with Crippen molar-refractivity contribution in [3.05, 3.63) is 12.2 Å². The van der Waals surface area contributed by atoms with Crippen molar-refractivity contribution in [3.63, 3.8) is 0 Å². The van der Waals surface area contributed by atoms with Gasteiger partial charge in [0.15, 0.2) is 6.04 Å². The minimum absolute atomic E-state index is 0.144. The summed E-state index contributed by atoms with van der Waals surface area (Å²) in [7, 11) is 0. The number of hydrogen-bond acceptors (Lipinski definition) is 6. The number of rotatable bonds is 5. The lowest BCUT2D eigenvalue weighted by Gasteiger charge is -2.35. The number of nitrogens with one attached hydrogen (secondary N) is 1. The molecule has 1 heterocycles. The van der Waals surface area contributed by atoms with Gasteiger partial charge in [-0.2, -0.15) is 13.2 Å². The summed E-state index contributed by atoms with van der Waals surface area (Å²) in [6, 6.07) is -2.89. The van der Waals surface area contributed by atoms with Crippen molar-refractivity contribution in [2.24, 2.45) is 5.73 Å². The van der Waals surface area contributed by atoms with Crippen LogP contribution in [0.1, 0.15) is 0 Å². The Morgan fingerprint density at radius 3 is 2.14 bits per heavy atom. The number of aliphatic hydroxyl groups is 2. The fraction of sp³-hybridized carbons (Fsp3) is 0.500. The summed E-state index contributed by atoms with van der Waals surface area (Å²) < 4.78 is 38.1. The average molecular weight is 311 g/mol. The molecule has 0 aromatic heterocycles. The minimum Gasteiger partial charge on any atom is -0.357 e. The third-order valence-corrected chi connectivity index (χ3v) is 2.59. The van der Waals surface area contributed by atoms with Gasteiger partial charge in [0.2, 0.25) is 5.91 Å². The van der Waals surface area contributed by atoms with Gasteiger partial charge in [-0.1, -0.05) is 0 Å². The molecule has 0 bridgehead atoms. The van der Waals surface area contributed by atoms with Gasteiger partial charge in [-0.15, -0.1) is 0 Å². The molecular weight excluding hydrogens is 299 g/mol. The Labute approximate surface area is 116 Å². The highest BCUT2D eigenvalue weighted by molar-refractivity contribution is 6.15. The van der Waals surface area contributed by atoms with Crippen LogP contribution in [0.4, 0.5) is 13.2 Å². The standard InChI is InChI=1S/C10H12F3N3O5/c11-10(12,13)9(20,21)7(8(19)15-4-3-14)16-5(17)1-2-6(16)18/h1-2,7,20-21H,3-4,14H2,(H,15,19). The summed E-state index contributed by atoms with van der Waals surface area (Å²) in [5.74, 6) is -8.73. The maximum atomic E-state index is 12.7. The van der Waals surface area contributed by atoms with Crippen LogP contribution in [-0.4, -0.2) is 63.9 Å². The molecule has 11 heteroatoms. The molecule has 0 aromatic carbocycles. The first kappa shape index (κ1) is 17.1. The van der Waals surface area contributed by atoms with Crippen LogP contribution in [0.3, 0.4) is 0 Å². The molecule has 0 radical (unpaired) electrons. The Hall–Kier alpha value is -1.98. The number of nitrogens with two attached hydrogens (primary N) is 1. The molecule has 0 aromatic rings. The van der Waals surface area contributed by atoms with E-state index in [9.17, 15) is 37.8 Å². The zero-order valence-corrected chi connectivity index (χ0v) is 10.4. The summed E-state index contributed by atoms with van der Waals surface area (Å²) >= 11 is 0. The second-order valence-corrected chi connectivity index (χ2v) is 4.09. The van der Waals surface area contributed by atoms with Crippen molar-refractivity contribution in [1.82, 2.24) is 10.2 Å². The van der Waals surface area contributed by atoms with Gasteiger partial charge in [0, 0.05) is 25.2 Å². The van der Waals surface area contributed by atoms with E-state index in [-0.39, 0.29) is 18.0 Å². The lowest BCUT2D eigenvalue weighted by Crippen LogP contribution is -2.67. The zero-order chi connectivity index (χ0) is 16.4. The van der Waals surface area contributed by atoms with Crippen molar-refractivity contribution < 1.29 is 37.8 Å². The lowest BCUT2D eigenvalue weighted by molar-refractivity contribution is -0.360. The Balaban J connectivity index is 3.21. The molecule has 118 valence electrons. The number of amides is 3. The highest BCUT2D eigenvalue weighted by atomic mass is 19.4. The first-order valence-electron chi connectivity index (χ1n) is 5.58. The number of nitrogens with zero attached hydrogens (tertiary/aromatic N) is 1. The molecule has 0 fully saturated rings. The molecule has 0 saturated heterocycles. The highest BCUT2D eigenvalue weighted by Crippen LogP contribution is 2.34. The fourth-order valence-corrected chi connectivity index (χ4v) is 1.59. The molecule has 21 heavy (non-hydrogen) atoms. The van der Waals surface area contributed by atoms with E-state index in [1.807, 2.05) is 5.32 Å². The molecule has 1 aliphatic heterocycles. The number of halogens is 3. The highest BCUT2D eigenvalue weighted by Gasteiger charge is 2.64. The van der Waals surface area contributed by atoms with E-state index in [0.717, 1.165) is 0 Å². The molecule has 1 aliphatic rings. The summed E-state index contributed by atoms with van der Waals surface area (Å²) in [6.07, 6.45) is -4.46. The second-order valence-electron chi connectivity index (χ2n) is 4.09. The van der Waals surface area contributed by atoms with E-state index in [0.29, 0.717) is 12.2 Å². The number of hydrogen-bond donors (Lipinski definition) is 4. The van der Waals surface area contributed by atoms with Crippen molar-refractivity contribution in [3.8, 4) is 0 Å². The molecular formula is C10H12F3N3O5. The van der Waals surface area contributed by atoms with Crippen molar-refractivity contribution in [2.75, 3.05) is 13.1 Å². The second kappa shape index (κ2) is 5.79. The van der Waals surface area contributed by atoms with Gasteiger partial charge < -0.3 is 21.3 Å². The quantitative estimate of drug-likeness (QED) is 0.330. The van der Waals surface area contributed by atoms with Crippen LogP contribution in [0.2, 0.25) is 0 Å². The van der Waals surface area contributed by atoms with Gasteiger partial charge in [0.05, 0.1) is 0 Å². The molecule has 1 atom stereocenters. The first-order valence-corrected chi connectivity index (χ1v) is 5.58. The Kier molecular flexibility index (Phi) is 4.71. The smallest absolute Gasteiger partial charge is 0.357 e. The molecule has 0 spiro atoms. The molecule has 0 aliphatic carbocycles. The maximum absolute atomic E-state index is 12.7. The van der Waals surface area contributed by atoms with Crippen LogP contribution in [0.25, 0.3) is 0 Å². The molecule has 8 nitrogen and oxygen atoms in total. The van der Waals surface area contributed by atoms with Crippen LogP contribution in [0.5, 0.6) is 0 Å². The van der Waals surface area contributed by atoms with Crippen LogP contribution in [-0.2, 0) is 14.4 Å². The van der Waals surface area contributed by atoms with Gasteiger partial charge >= 0.3 is 6.18 Å². The van der Waals surface area contributed by atoms with Gasteiger partial charge in [-0.25, -0.2) is 0 Å². The average Bonchev–Trinajstić information content (AvgIpc) is 2.67. The van der Waals surface area contributed by atoms with Gasteiger partial charge in [-0.05, 0) is 0 Å². The van der Waals surface area contributed by atoms with Gasteiger partial charge in [-0.3, -0.25) is 19.3 Å². The summed E-state index contributed by atoms with van der Waals surface area (Å²) in [5.41, 5.74) is 5.06. The van der Waals surface area contributed by atoms with Gasteiger partial charge in [0.1, 0.15) is 0 Å². The molecule has 0 saturated carbocycles. The van der Waals surface area contributed by atoms with Crippen LogP contribution >= 0.6 is 0 Å². The maximum Gasteiger partial charge on any atom is 0.445 e. The lowest BCUT2D eigenvalue weighted by atomic mass is 10.0. The molecule has 5 N–H and O–H groups in total. The van der Waals surface area contributed by atoms with Crippen LogP contribution < -0.4 is 11.1 Å². The monoisotopic (exact) mass is 311 g/mol. The molecule has 1 rings (SSSR count). The third-order valence-electron chi connectivity index (χ3n) is 2.59. The van der Waals surface area contributed by atoms with Crippen LogP contribution in [0.15, 0.2) is 12.2 Å². The Morgan fingerprint density at radius 2 is 1.76 bits per heavy atom. The summed E-state index contributed by atoms with van der Waals surface area (Å²) in [6.45, 7) is -0.429. The van der Waals surface area contributed by atoms with E-state index < -0.39 is 35.7 Å². The predicted octanol–water partition coefficient (Wildman–Crippen LogP) is -2.40. The van der Waals surface area contributed by atoms with E-state index in [4.69, 9.17) is 5.73 Å². The molecule has 3 amide bonds. The van der Waals surface area contributed by atoms with E-state index in [1.165, 1.54) is 0 Å². The van der Waals surface area contributed by atoms with E-state index in [1.54, 1.807) is 0 Å². The van der Waals surface area contributed by atoms with Crippen LogP contribution in [0, 0.1) is 0 Å². The number of imide groups is 1. The summed E-state index contributed by atoms with van der Waals surface area (Å²) in [4.78, 5) is 34.3. The van der Waals surface area contributed by atoms with E-state index >= 15 is 0 Å². The normalized spacial score (nSPS) is 17.3. The van der Waals surface area contributed by atoms with Crippen molar-refractivity contribution in [1.29, 1.82) is 0 Å². The number of carbonyl (C=O) groups excluding carboxylic acids is 3. The third kappa shape index (κ3) is 3.20. The predicted molar refractivity (Wildman–Crippen MR) is 60.1 cm³/mol. The van der Waals surface area contributed by atoms with Crippen molar-refractivity contribution in [2.45, 2.75) is 18.0 Å². The Morgan fingerprint density at radius 1 is 1.29 bits per heavy atom. The first-order chi connectivity index (χ1) is 9.54. The fourth-order valence-electron chi connectivity index (χ4n) is 1.59. The largest absolute Gasteiger partial charge is 0.445 e. The van der Waals surface area contributed by atoms with Gasteiger partial charge in [0.25, 0.3) is 17.6 Å². The van der Waals surface area contributed by atoms with E-state index in [2.05, 4.69) is 0 Å². The summed E-state index contributed by atoms with van der Waals surface area (Å²) in [5, 5.41) is 20.4. The SMILES string of the molecule is NCCNC(=O)C(N1C(=O)C=CC1=O)C(O)(O)C(F)(F)F. The Bertz CT molecular complexity index is 471.